The summed E-state index contributed by atoms with van der Waals surface area (Å²) in [5.74, 6) is -0.428. The lowest BCUT2D eigenvalue weighted by molar-refractivity contribution is -0.132. The lowest BCUT2D eigenvalue weighted by Crippen LogP contribution is -2.41. The fourth-order valence-corrected chi connectivity index (χ4v) is 3.40. The van der Waals surface area contributed by atoms with Crippen molar-refractivity contribution in [1.82, 2.24) is 9.80 Å². The topological polar surface area (TPSA) is 52.7 Å². The molecule has 156 valence electrons. The Balaban J connectivity index is 1.93. The summed E-state index contributed by atoms with van der Waals surface area (Å²) in [5.41, 5.74) is 1.23. The van der Waals surface area contributed by atoms with E-state index in [-0.39, 0.29) is 24.9 Å². The maximum Gasteiger partial charge on any atom is 0.238 e. The van der Waals surface area contributed by atoms with E-state index in [1.165, 1.54) is 0 Å². The standard InChI is InChI=1S/C20H21Cl4N3O2/c1-3-27(11-18(28)25-20-15(22)5-4-6-16(20)23)12-19(29)26(2)10-13-7-8-14(21)17(24)9-13/h4-9H,3,10-12H2,1-2H3,(H,25,28). The van der Waals surface area contributed by atoms with Crippen molar-refractivity contribution in [2.75, 3.05) is 32.0 Å². The Labute approximate surface area is 190 Å². The van der Waals surface area contributed by atoms with E-state index < -0.39 is 0 Å². The van der Waals surface area contributed by atoms with Gasteiger partial charge < -0.3 is 10.2 Å². The fourth-order valence-electron chi connectivity index (χ4n) is 2.59. The summed E-state index contributed by atoms with van der Waals surface area (Å²) in [5, 5.41) is 4.31. The van der Waals surface area contributed by atoms with Crippen molar-refractivity contribution >= 4 is 63.9 Å². The first-order valence-electron chi connectivity index (χ1n) is 8.85. The zero-order chi connectivity index (χ0) is 21.6. The van der Waals surface area contributed by atoms with Crippen LogP contribution in [0.25, 0.3) is 0 Å². The summed E-state index contributed by atoms with van der Waals surface area (Å²) in [4.78, 5) is 28.2. The highest BCUT2D eigenvalue weighted by atomic mass is 35.5. The van der Waals surface area contributed by atoms with E-state index in [1.807, 2.05) is 13.0 Å². The van der Waals surface area contributed by atoms with Crippen molar-refractivity contribution in [2.24, 2.45) is 0 Å². The van der Waals surface area contributed by atoms with Crippen LogP contribution >= 0.6 is 46.4 Å². The van der Waals surface area contributed by atoms with Crippen molar-refractivity contribution in [3.8, 4) is 0 Å². The van der Waals surface area contributed by atoms with Gasteiger partial charge in [0.25, 0.3) is 0 Å². The zero-order valence-corrected chi connectivity index (χ0v) is 19.0. The predicted octanol–water partition coefficient (Wildman–Crippen LogP) is 5.22. The second-order valence-electron chi connectivity index (χ2n) is 6.45. The molecule has 2 amide bonds. The molecule has 0 aliphatic carbocycles. The van der Waals surface area contributed by atoms with Crippen LogP contribution in [0.5, 0.6) is 0 Å². The van der Waals surface area contributed by atoms with Gasteiger partial charge in [-0.25, -0.2) is 0 Å². The van der Waals surface area contributed by atoms with Crippen molar-refractivity contribution in [3.63, 3.8) is 0 Å². The number of hydrogen-bond acceptors (Lipinski definition) is 3. The quantitative estimate of drug-likeness (QED) is 0.568. The number of likely N-dealkylation sites (N-methyl/N-ethyl adjacent to an activating group) is 2. The molecule has 2 aromatic carbocycles. The Bertz CT molecular complexity index is 872. The van der Waals surface area contributed by atoms with Crippen LogP contribution in [0.2, 0.25) is 20.1 Å². The lowest BCUT2D eigenvalue weighted by atomic mass is 10.2. The largest absolute Gasteiger partial charge is 0.340 e. The number of halogens is 4. The molecule has 5 nitrogen and oxygen atoms in total. The average Bonchev–Trinajstić information content (AvgIpc) is 2.67. The second kappa shape index (κ2) is 11.0. The number of benzene rings is 2. The van der Waals surface area contributed by atoms with Gasteiger partial charge >= 0.3 is 0 Å². The molecule has 2 aromatic rings. The number of nitrogens with one attached hydrogen (secondary N) is 1. The van der Waals surface area contributed by atoms with Gasteiger partial charge in [-0.15, -0.1) is 0 Å². The molecule has 0 saturated heterocycles. The summed E-state index contributed by atoms with van der Waals surface area (Å²) in [6, 6.07) is 10.2. The number of amides is 2. The van der Waals surface area contributed by atoms with Crippen LogP contribution in [0.1, 0.15) is 12.5 Å². The number of anilines is 1. The van der Waals surface area contributed by atoms with E-state index in [4.69, 9.17) is 46.4 Å². The first-order valence-corrected chi connectivity index (χ1v) is 10.4. The fraction of sp³-hybridized carbons (Fsp3) is 0.300. The van der Waals surface area contributed by atoms with E-state index in [1.54, 1.807) is 47.2 Å². The van der Waals surface area contributed by atoms with Crippen LogP contribution in [0.3, 0.4) is 0 Å². The number of carbonyl (C=O) groups is 2. The van der Waals surface area contributed by atoms with Crippen LogP contribution in [-0.4, -0.2) is 48.3 Å². The maximum absolute atomic E-state index is 12.6. The first-order chi connectivity index (χ1) is 13.7. The Kier molecular flexibility index (Phi) is 9.05. The molecule has 29 heavy (non-hydrogen) atoms. The Morgan fingerprint density at radius 3 is 2.17 bits per heavy atom. The van der Waals surface area contributed by atoms with Crippen molar-refractivity contribution in [1.29, 1.82) is 0 Å². The highest BCUT2D eigenvalue weighted by Crippen LogP contribution is 2.29. The number of hydrogen-bond donors (Lipinski definition) is 1. The molecular weight excluding hydrogens is 456 g/mol. The van der Waals surface area contributed by atoms with Crippen LogP contribution in [0, 0.1) is 0 Å². The molecular formula is C20H21Cl4N3O2. The summed E-state index contributed by atoms with van der Waals surface area (Å²) < 4.78 is 0. The van der Waals surface area contributed by atoms with Gasteiger partial charge in [0.2, 0.25) is 11.8 Å². The molecule has 0 saturated carbocycles. The highest BCUT2D eigenvalue weighted by molar-refractivity contribution is 6.42. The Morgan fingerprint density at radius 2 is 1.59 bits per heavy atom. The van der Waals surface area contributed by atoms with Gasteiger partial charge in [0.15, 0.2) is 0 Å². The second-order valence-corrected chi connectivity index (χ2v) is 8.08. The molecule has 0 bridgehead atoms. The molecule has 0 unspecified atom stereocenters. The number of para-hydroxylation sites is 1. The van der Waals surface area contributed by atoms with E-state index in [9.17, 15) is 9.59 Å². The minimum Gasteiger partial charge on any atom is -0.340 e. The molecule has 1 N–H and O–H groups in total. The van der Waals surface area contributed by atoms with Crippen LogP contribution in [0.15, 0.2) is 36.4 Å². The minimum absolute atomic E-state index is 0.0321. The molecule has 9 heteroatoms. The van der Waals surface area contributed by atoms with Crippen molar-refractivity contribution in [2.45, 2.75) is 13.5 Å². The van der Waals surface area contributed by atoms with Gasteiger partial charge in [-0.05, 0) is 36.4 Å². The number of carbonyl (C=O) groups excluding carboxylic acids is 2. The van der Waals surface area contributed by atoms with Gasteiger partial charge in [0.05, 0.1) is 38.9 Å². The minimum atomic E-state index is -0.304. The van der Waals surface area contributed by atoms with E-state index >= 15 is 0 Å². The van der Waals surface area contributed by atoms with Gasteiger partial charge in [0.1, 0.15) is 0 Å². The SMILES string of the molecule is CCN(CC(=O)Nc1c(Cl)cccc1Cl)CC(=O)N(C)Cc1ccc(Cl)c(Cl)c1. The first kappa shape index (κ1) is 23.8. The smallest absolute Gasteiger partial charge is 0.238 e. The number of nitrogens with zero attached hydrogens (tertiary/aromatic N) is 2. The van der Waals surface area contributed by atoms with Gasteiger partial charge in [0, 0.05) is 13.6 Å². The molecule has 0 aliphatic heterocycles. The lowest BCUT2D eigenvalue weighted by Gasteiger charge is -2.24. The van der Waals surface area contributed by atoms with E-state index in [0.29, 0.717) is 38.9 Å². The van der Waals surface area contributed by atoms with Crippen molar-refractivity contribution < 1.29 is 9.59 Å². The highest BCUT2D eigenvalue weighted by Gasteiger charge is 2.18. The summed E-state index contributed by atoms with van der Waals surface area (Å²) >= 11 is 24.1. The van der Waals surface area contributed by atoms with Crippen LogP contribution in [0.4, 0.5) is 5.69 Å². The third-order valence-corrected chi connectivity index (χ3v) is 5.60. The monoisotopic (exact) mass is 475 g/mol. The summed E-state index contributed by atoms with van der Waals surface area (Å²) in [7, 11) is 1.70. The van der Waals surface area contributed by atoms with Crippen LogP contribution < -0.4 is 5.32 Å². The molecule has 0 spiro atoms. The molecule has 0 aliphatic rings. The Morgan fingerprint density at radius 1 is 0.931 bits per heavy atom. The van der Waals surface area contributed by atoms with Gasteiger partial charge in [-0.3, -0.25) is 14.5 Å². The zero-order valence-electron chi connectivity index (χ0n) is 16.0. The Hall–Kier alpha value is -1.50. The van der Waals surface area contributed by atoms with Gasteiger partial charge in [-0.2, -0.15) is 0 Å². The molecule has 0 fully saturated rings. The van der Waals surface area contributed by atoms with E-state index in [2.05, 4.69) is 5.32 Å². The molecule has 2 rings (SSSR count). The average molecular weight is 477 g/mol. The molecule has 0 radical (unpaired) electrons. The molecule has 0 atom stereocenters. The normalized spacial score (nSPS) is 10.9. The van der Waals surface area contributed by atoms with Gasteiger partial charge in [-0.1, -0.05) is 65.5 Å². The van der Waals surface area contributed by atoms with Crippen molar-refractivity contribution in [3.05, 3.63) is 62.1 Å². The number of rotatable bonds is 8. The molecule has 0 heterocycles. The predicted molar refractivity (Wildman–Crippen MR) is 120 cm³/mol. The van der Waals surface area contributed by atoms with Crippen LogP contribution in [-0.2, 0) is 16.1 Å². The summed E-state index contributed by atoms with van der Waals surface area (Å²) in [6.45, 7) is 2.91. The summed E-state index contributed by atoms with van der Waals surface area (Å²) in [6.07, 6.45) is 0. The third-order valence-electron chi connectivity index (χ3n) is 4.23. The molecule has 0 aromatic heterocycles. The van der Waals surface area contributed by atoms with E-state index in [0.717, 1.165) is 5.56 Å². The third kappa shape index (κ3) is 7.05. The maximum atomic E-state index is 12.6.